The number of aliphatic hydroxyl groups excluding tert-OH is 1. The topological polar surface area (TPSA) is 67.8 Å². The van der Waals surface area contributed by atoms with Gasteiger partial charge in [0.2, 0.25) is 0 Å². The maximum atomic E-state index is 11.1. The lowest BCUT2D eigenvalue weighted by Gasteiger charge is -2.13. The number of rotatable bonds is 10. The van der Waals surface area contributed by atoms with Crippen molar-refractivity contribution in [3.05, 3.63) is 29.3 Å². The number of esters is 1. The Balaban J connectivity index is 2.04. The first kappa shape index (κ1) is 17.8. The molecule has 2 N–H and O–H groups in total. The minimum absolute atomic E-state index is 0.189. The van der Waals surface area contributed by atoms with E-state index in [9.17, 15) is 9.90 Å². The van der Waals surface area contributed by atoms with Crippen molar-refractivity contribution in [3.8, 4) is 5.75 Å². The lowest BCUT2D eigenvalue weighted by molar-refractivity contribution is -0.143. The van der Waals surface area contributed by atoms with Crippen LogP contribution in [-0.4, -0.2) is 43.5 Å². The molecule has 0 amide bonds. The summed E-state index contributed by atoms with van der Waals surface area (Å²) >= 11 is 5.77. The Bertz CT molecular complexity index is 411. The van der Waals surface area contributed by atoms with Crippen LogP contribution >= 0.6 is 11.6 Å². The van der Waals surface area contributed by atoms with Crippen molar-refractivity contribution < 1.29 is 19.4 Å². The molecule has 1 unspecified atom stereocenters. The number of hydrogen-bond acceptors (Lipinski definition) is 5. The summed E-state index contributed by atoms with van der Waals surface area (Å²) in [5, 5.41) is 13.5. The first-order chi connectivity index (χ1) is 10.1. The zero-order valence-electron chi connectivity index (χ0n) is 12.2. The average molecular weight is 316 g/mol. The fourth-order valence-electron chi connectivity index (χ4n) is 1.64. The summed E-state index contributed by atoms with van der Waals surface area (Å²) in [5.41, 5.74) is 0. The van der Waals surface area contributed by atoms with Crippen LogP contribution in [0.3, 0.4) is 0 Å². The van der Waals surface area contributed by atoms with Gasteiger partial charge < -0.3 is 19.9 Å². The van der Waals surface area contributed by atoms with E-state index in [-0.39, 0.29) is 12.6 Å². The van der Waals surface area contributed by atoms with Crippen LogP contribution in [0, 0.1) is 0 Å². The van der Waals surface area contributed by atoms with Crippen LogP contribution in [0.5, 0.6) is 5.75 Å². The number of hydrogen-bond donors (Lipinski definition) is 2. The minimum atomic E-state index is -0.608. The van der Waals surface area contributed by atoms with E-state index >= 15 is 0 Å². The highest BCUT2D eigenvalue weighted by atomic mass is 35.5. The molecule has 5 nitrogen and oxygen atoms in total. The van der Waals surface area contributed by atoms with E-state index in [4.69, 9.17) is 21.1 Å². The van der Waals surface area contributed by atoms with Gasteiger partial charge in [-0.15, -0.1) is 0 Å². The Kier molecular flexibility index (Phi) is 8.82. The van der Waals surface area contributed by atoms with Crippen LogP contribution in [0.2, 0.25) is 5.02 Å². The van der Waals surface area contributed by atoms with E-state index in [2.05, 4.69) is 5.32 Å². The molecule has 0 bridgehead atoms. The first-order valence-corrected chi connectivity index (χ1v) is 7.42. The van der Waals surface area contributed by atoms with E-state index in [0.717, 1.165) is 0 Å². The van der Waals surface area contributed by atoms with Crippen molar-refractivity contribution in [2.75, 3.05) is 26.3 Å². The van der Waals surface area contributed by atoms with Crippen molar-refractivity contribution in [1.82, 2.24) is 5.32 Å². The molecule has 1 atom stereocenters. The van der Waals surface area contributed by atoms with Crippen LogP contribution in [0.4, 0.5) is 0 Å². The predicted octanol–water partition coefficient (Wildman–Crippen LogP) is 2.01. The molecule has 0 aromatic heterocycles. The molecule has 0 heterocycles. The maximum absolute atomic E-state index is 11.1. The summed E-state index contributed by atoms with van der Waals surface area (Å²) in [4.78, 5) is 11.1. The summed E-state index contributed by atoms with van der Waals surface area (Å²) in [6.07, 6.45) is 0.463. The number of benzene rings is 1. The highest BCUT2D eigenvalue weighted by Gasteiger charge is 2.06. The molecule has 1 rings (SSSR count). The Morgan fingerprint density at radius 3 is 2.76 bits per heavy atom. The second-order valence-corrected chi connectivity index (χ2v) is 4.97. The average Bonchev–Trinajstić information content (AvgIpc) is 2.46. The smallest absolute Gasteiger partial charge is 0.305 e. The van der Waals surface area contributed by atoms with Gasteiger partial charge in [0.05, 0.1) is 6.61 Å². The van der Waals surface area contributed by atoms with Gasteiger partial charge in [-0.1, -0.05) is 11.6 Å². The van der Waals surface area contributed by atoms with Gasteiger partial charge in [-0.25, -0.2) is 0 Å². The summed E-state index contributed by atoms with van der Waals surface area (Å²) in [6.45, 7) is 3.46. The Labute approximate surface area is 130 Å². The maximum Gasteiger partial charge on any atom is 0.305 e. The third-order valence-corrected chi connectivity index (χ3v) is 2.93. The number of nitrogens with one attached hydrogen (secondary N) is 1. The number of carbonyl (C=O) groups is 1. The third kappa shape index (κ3) is 8.55. The van der Waals surface area contributed by atoms with Gasteiger partial charge in [-0.05, 0) is 44.2 Å². The molecule has 0 aliphatic carbocycles. The highest BCUT2D eigenvalue weighted by molar-refractivity contribution is 6.30. The Morgan fingerprint density at radius 1 is 1.38 bits per heavy atom. The summed E-state index contributed by atoms with van der Waals surface area (Å²) in [5.74, 6) is 0.478. The third-order valence-electron chi connectivity index (χ3n) is 2.68. The molecule has 0 spiro atoms. The Hall–Kier alpha value is -1.30. The van der Waals surface area contributed by atoms with Crippen LogP contribution in [0.1, 0.15) is 19.8 Å². The standard InChI is InChI=1S/C15H22ClNO4/c1-2-20-15(19)4-3-9-17-10-13(18)11-21-14-7-5-12(16)6-8-14/h5-8,13,17-18H,2-4,9-11H2,1H3. The fourth-order valence-corrected chi connectivity index (χ4v) is 1.77. The van der Waals surface area contributed by atoms with Gasteiger partial charge in [0.15, 0.2) is 0 Å². The summed E-state index contributed by atoms with van der Waals surface area (Å²) in [7, 11) is 0. The Morgan fingerprint density at radius 2 is 2.10 bits per heavy atom. The van der Waals surface area contributed by atoms with Crippen molar-refractivity contribution in [2.24, 2.45) is 0 Å². The van der Waals surface area contributed by atoms with Gasteiger partial charge in [-0.2, -0.15) is 0 Å². The SMILES string of the molecule is CCOC(=O)CCCNCC(O)COc1ccc(Cl)cc1. The zero-order valence-corrected chi connectivity index (χ0v) is 12.9. The van der Waals surface area contributed by atoms with Crippen LogP contribution in [-0.2, 0) is 9.53 Å². The number of ether oxygens (including phenoxy) is 2. The van der Waals surface area contributed by atoms with Gasteiger partial charge in [0, 0.05) is 18.0 Å². The number of halogens is 1. The molecule has 0 saturated carbocycles. The van der Waals surface area contributed by atoms with E-state index < -0.39 is 6.10 Å². The highest BCUT2D eigenvalue weighted by Crippen LogP contribution is 2.15. The zero-order chi connectivity index (χ0) is 15.5. The lowest BCUT2D eigenvalue weighted by atomic mass is 10.3. The number of carbonyl (C=O) groups excluding carboxylic acids is 1. The molecular weight excluding hydrogens is 294 g/mol. The largest absolute Gasteiger partial charge is 0.491 e. The van der Waals surface area contributed by atoms with Gasteiger partial charge in [0.25, 0.3) is 0 Å². The van der Waals surface area contributed by atoms with E-state index in [0.29, 0.717) is 43.3 Å². The summed E-state index contributed by atoms with van der Waals surface area (Å²) < 4.78 is 10.2. The quantitative estimate of drug-likeness (QED) is 0.511. The molecule has 118 valence electrons. The molecule has 6 heteroatoms. The second-order valence-electron chi connectivity index (χ2n) is 4.53. The minimum Gasteiger partial charge on any atom is -0.491 e. The molecule has 0 radical (unpaired) electrons. The van der Waals surface area contributed by atoms with Gasteiger partial charge in [0.1, 0.15) is 18.5 Å². The first-order valence-electron chi connectivity index (χ1n) is 7.04. The van der Waals surface area contributed by atoms with E-state index in [1.165, 1.54) is 0 Å². The number of aliphatic hydroxyl groups is 1. The van der Waals surface area contributed by atoms with Crippen LogP contribution < -0.4 is 10.1 Å². The summed E-state index contributed by atoms with van der Waals surface area (Å²) in [6, 6.07) is 6.97. The molecule has 0 saturated heterocycles. The van der Waals surface area contributed by atoms with E-state index in [1.807, 2.05) is 0 Å². The van der Waals surface area contributed by atoms with E-state index in [1.54, 1.807) is 31.2 Å². The van der Waals surface area contributed by atoms with Crippen molar-refractivity contribution >= 4 is 17.6 Å². The van der Waals surface area contributed by atoms with Gasteiger partial charge in [-0.3, -0.25) is 4.79 Å². The lowest BCUT2D eigenvalue weighted by Crippen LogP contribution is -2.32. The molecule has 1 aromatic carbocycles. The van der Waals surface area contributed by atoms with Crippen molar-refractivity contribution in [2.45, 2.75) is 25.9 Å². The van der Waals surface area contributed by atoms with Crippen LogP contribution in [0.15, 0.2) is 24.3 Å². The molecule has 0 fully saturated rings. The molecule has 21 heavy (non-hydrogen) atoms. The van der Waals surface area contributed by atoms with Crippen LogP contribution in [0.25, 0.3) is 0 Å². The second kappa shape index (κ2) is 10.4. The van der Waals surface area contributed by atoms with Crippen molar-refractivity contribution in [3.63, 3.8) is 0 Å². The molecule has 0 aliphatic heterocycles. The monoisotopic (exact) mass is 315 g/mol. The van der Waals surface area contributed by atoms with Gasteiger partial charge >= 0.3 is 5.97 Å². The predicted molar refractivity (Wildman–Crippen MR) is 81.7 cm³/mol. The molecule has 1 aromatic rings. The molecule has 0 aliphatic rings. The fraction of sp³-hybridized carbons (Fsp3) is 0.533. The normalized spacial score (nSPS) is 12.0. The molecular formula is C15H22ClNO4. The van der Waals surface area contributed by atoms with Crippen molar-refractivity contribution in [1.29, 1.82) is 0 Å².